The highest BCUT2D eigenvalue weighted by Gasteiger charge is 2.26. The highest BCUT2D eigenvalue weighted by atomic mass is 127. The van der Waals surface area contributed by atoms with Crippen molar-refractivity contribution in [3.8, 4) is 5.75 Å². The monoisotopic (exact) mass is 546 g/mol. The van der Waals surface area contributed by atoms with Gasteiger partial charge in [-0.3, -0.25) is 9.79 Å². The first-order chi connectivity index (χ1) is 14.4. The first-order valence-corrected chi connectivity index (χ1v) is 11.2. The highest BCUT2D eigenvalue weighted by Crippen LogP contribution is 2.19. The zero-order chi connectivity index (χ0) is 21.9. The molecule has 31 heavy (non-hydrogen) atoms. The van der Waals surface area contributed by atoms with Gasteiger partial charge in [-0.15, -0.1) is 24.0 Å². The number of hydrogen-bond donors (Lipinski definition) is 3. The van der Waals surface area contributed by atoms with Crippen LogP contribution in [0, 0.1) is 0 Å². The summed E-state index contributed by atoms with van der Waals surface area (Å²) in [6, 6.07) is 7.76. The maximum absolute atomic E-state index is 12.0. The molecule has 1 aliphatic heterocycles. The van der Waals surface area contributed by atoms with E-state index in [1.54, 1.807) is 0 Å². The summed E-state index contributed by atoms with van der Waals surface area (Å²) in [5.74, 6) is 1.75. The van der Waals surface area contributed by atoms with Crippen molar-refractivity contribution in [3.05, 3.63) is 29.8 Å². The van der Waals surface area contributed by atoms with Gasteiger partial charge in [0.1, 0.15) is 5.75 Å². The molecule has 0 aliphatic carbocycles. The molecule has 1 aromatic rings. The number of ether oxygens (including phenoxy) is 1. The molecule has 0 aromatic heterocycles. The Balaban J connectivity index is 0.00000480. The van der Waals surface area contributed by atoms with Gasteiger partial charge in [0.05, 0.1) is 18.8 Å². The van der Waals surface area contributed by atoms with Gasteiger partial charge in [-0.05, 0) is 57.7 Å². The molecule has 7 nitrogen and oxygen atoms in total. The second-order valence-electron chi connectivity index (χ2n) is 7.94. The topological polar surface area (TPSA) is 86.2 Å². The van der Waals surface area contributed by atoms with Crippen LogP contribution in [0.25, 0.3) is 0 Å². The molecule has 176 valence electrons. The maximum Gasteiger partial charge on any atom is 0.222 e. The minimum absolute atomic E-state index is 0. The minimum atomic E-state index is -0.681. The Kier molecular flexibility index (Phi) is 12.9. The van der Waals surface area contributed by atoms with Crippen LogP contribution in [-0.4, -0.2) is 60.2 Å². The van der Waals surface area contributed by atoms with Crippen LogP contribution in [0.1, 0.15) is 65.0 Å². The molecule has 2 unspecified atom stereocenters. The molecule has 0 bridgehead atoms. The van der Waals surface area contributed by atoms with Crippen LogP contribution < -0.4 is 15.4 Å². The van der Waals surface area contributed by atoms with E-state index < -0.39 is 6.10 Å². The Morgan fingerprint density at radius 1 is 1.23 bits per heavy atom. The molecular formula is C23H39IN4O3. The largest absolute Gasteiger partial charge is 0.491 e. The average molecular weight is 546 g/mol. The minimum Gasteiger partial charge on any atom is -0.491 e. The molecule has 1 saturated heterocycles. The number of rotatable bonds is 11. The summed E-state index contributed by atoms with van der Waals surface area (Å²) in [5.41, 5.74) is 0.810. The van der Waals surface area contributed by atoms with Gasteiger partial charge >= 0.3 is 0 Å². The summed E-state index contributed by atoms with van der Waals surface area (Å²) in [4.78, 5) is 18.5. The number of nitrogens with zero attached hydrogens (tertiary/aromatic N) is 2. The summed E-state index contributed by atoms with van der Waals surface area (Å²) in [6.45, 7) is 10.7. The number of aliphatic hydroxyl groups excluding tert-OH is 1. The molecule has 1 heterocycles. The lowest BCUT2D eigenvalue weighted by Crippen LogP contribution is -2.42. The van der Waals surface area contributed by atoms with E-state index in [1.807, 2.05) is 49.9 Å². The Bertz CT molecular complexity index is 682. The van der Waals surface area contributed by atoms with Crippen molar-refractivity contribution in [1.82, 2.24) is 15.5 Å². The second kappa shape index (κ2) is 14.5. The molecule has 0 radical (unpaired) electrons. The molecule has 0 saturated carbocycles. The van der Waals surface area contributed by atoms with E-state index in [0.717, 1.165) is 50.2 Å². The molecule has 1 fully saturated rings. The van der Waals surface area contributed by atoms with Crippen molar-refractivity contribution < 1.29 is 14.6 Å². The van der Waals surface area contributed by atoms with Gasteiger partial charge in [0, 0.05) is 32.1 Å². The van der Waals surface area contributed by atoms with Crippen LogP contribution in [0.5, 0.6) is 5.75 Å². The van der Waals surface area contributed by atoms with Gasteiger partial charge in [0.25, 0.3) is 0 Å². The zero-order valence-electron chi connectivity index (χ0n) is 19.3. The maximum atomic E-state index is 12.0. The number of carbonyl (C=O) groups excluding carboxylic acids is 1. The first-order valence-electron chi connectivity index (χ1n) is 11.2. The predicted molar refractivity (Wildman–Crippen MR) is 136 cm³/mol. The van der Waals surface area contributed by atoms with E-state index in [2.05, 4.69) is 22.5 Å². The SMILES string of the molecule is CCNC(=NCC(O)c1ccc(OC(C)C)cc1)NCCC(CC)N1CCCC1=O.I. The first kappa shape index (κ1) is 27.5. The molecule has 0 spiro atoms. The predicted octanol–water partition coefficient (Wildman–Crippen LogP) is 3.47. The third kappa shape index (κ3) is 9.22. The summed E-state index contributed by atoms with van der Waals surface area (Å²) < 4.78 is 5.64. The van der Waals surface area contributed by atoms with E-state index in [1.165, 1.54) is 0 Å². The summed E-state index contributed by atoms with van der Waals surface area (Å²) in [5, 5.41) is 17.0. The van der Waals surface area contributed by atoms with Gasteiger partial charge < -0.3 is 25.4 Å². The number of hydrogen-bond acceptors (Lipinski definition) is 4. The van der Waals surface area contributed by atoms with Crippen molar-refractivity contribution in [3.63, 3.8) is 0 Å². The van der Waals surface area contributed by atoms with E-state index in [-0.39, 0.29) is 48.6 Å². The van der Waals surface area contributed by atoms with Crippen LogP contribution in [0.3, 0.4) is 0 Å². The standard InChI is InChI=1S/C23H38N4O3.HI/c1-5-19(27-15-7-8-22(27)29)13-14-25-23(24-6-2)26-16-21(28)18-9-11-20(12-10-18)30-17(3)4;/h9-12,17,19,21,28H,5-8,13-16H2,1-4H3,(H2,24,25,26);1H. The molecule has 1 amide bonds. The molecule has 2 atom stereocenters. The summed E-state index contributed by atoms with van der Waals surface area (Å²) >= 11 is 0. The fourth-order valence-corrected chi connectivity index (χ4v) is 3.66. The van der Waals surface area contributed by atoms with E-state index in [4.69, 9.17) is 4.74 Å². The Hall–Kier alpha value is -1.55. The van der Waals surface area contributed by atoms with E-state index >= 15 is 0 Å². The number of aliphatic hydroxyl groups is 1. The van der Waals surface area contributed by atoms with Crippen LogP contribution in [0.4, 0.5) is 0 Å². The van der Waals surface area contributed by atoms with E-state index in [0.29, 0.717) is 12.4 Å². The van der Waals surface area contributed by atoms with Crippen molar-refractivity contribution in [2.45, 2.75) is 71.6 Å². The number of amides is 1. The molecule has 1 aromatic carbocycles. The second-order valence-corrected chi connectivity index (χ2v) is 7.94. The number of carbonyl (C=O) groups is 1. The van der Waals surface area contributed by atoms with Crippen molar-refractivity contribution in [2.75, 3.05) is 26.2 Å². The highest BCUT2D eigenvalue weighted by molar-refractivity contribution is 14.0. The summed E-state index contributed by atoms with van der Waals surface area (Å²) in [7, 11) is 0. The zero-order valence-corrected chi connectivity index (χ0v) is 21.6. The molecule has 8 heteroatoms. The lowest BCUT2D eigenvalue weighted by atomic mass is 10.1. The normalized spacial score (nSPS) is 16.1. The average Bonchev–Trinajstić information content (AvgIpc) is 3.15. The molecular weight excluding hydrogens is 507 g/mol. The van der Waals surface area contributed by atoms with Crippen molar-refractivity contribution in [2.24, 2.45) is 4.99 Å². The molecule has 1 aliphatic rings. The quantitative estimate of drug-likeness (QED) is 0.225. The van der Waals surface area contributed by atoms with E-state index in [9.17, 15) is 9.90 Å². The number of aliphatic imine (C=N–C) groups is 1. The van der Waals surface area contributed by atoms with Crippen LogP contribution in [0.2, 0.25) is 0 Å². The van der Waals surface area contributed by atoms with Gasteiger partial charge in [-0.25, -0.2) is 0 Å². The number of nitrogens with one attached hydrogen (secondary N) is 2. The van der Waals surface area contributed by atoms with Crippen molar-refractivity contribution >= 4 is 35.8 Å². The number of halogens is 1. The van der Waals surface area contributed by atoms with Crippen LogP contribution >= 0.6 is 24.0 Å². The number of benzene rings is 1. The van der Waals surface area contributed by atoms with Crippen LogP contribution in [0.15, 0.2) is 29.3 Å². The third-order valence-electron chi connectivity index (χ3n) is 5.20. The van der Waals surface area contributed by atoms with Crippen LogP contribution in [-0.2, 0) is 4.79 Å². The molecule has 3 N–H and O–H groups in total. The third-order valence-corrected chi connectivity index (χ3v) is 5.20. The number of guanidine groups is 1. The van der Waals surface area contributed by atoms with Gasteiger partial charge in [-0.2, -0.15) is 0 Å². The lowest BCUT2D eigenvalue weighted by Gasteiger charge is -2.27. The fourth-order valence-electron chi connectivity index (χ4n) is 3.66. The van der Waals surface area contributed by atoms with Gasteiger partial charge in [0.2, 0.25) is 5.91 Å². The van der Waals surface area contributed by atoms with Crippen molar-refractivity contribution in [1.29, 1.82) is 0 Å². The fraction of sp³-hybridized carbons (Fsp3) is 0.652. The smallest absolute Gasteiger partial charge is 0.222 e. The Labute approximate surface area is 204 Å². The lowest BCUT2D eigenvalue weighted by molar-refractivity contribution is -0.129. The van der Waals surface area contributed by atoms with Gasteiger partial charge in [0.15, 0.2) is 5.96 Å². The summed E-state index contributed by atoms with van der Waals surface area (Å²) in [6.07, 6.45) is 2.92. The Morgan fingerprint density at radius 3 is 2.48 bits per heavy atom. The number of likely N-dealkylation sites (tertiary alicyclic amines) is 1. The van der Waals surface area contributed by atoms with Gasteiger partial charge in [-0.1, -0.05) is 19.1 Å². The molecule has 2 rings (SSSR count). The Morgan fingerprint density at radius 2 is 1.94 bits per heavy atom.